The van der Waals surface area contributed by atoms with Crippen molar-refractivity contribution in [2.75, 3.05) is 24.7 Å². The van der Waals surface area contributed by atoms with E-state index >= 15 is 4.39 Å². The Morgan fingerprint density at radius 3 is 2.62 bits per heavy atom. The Kier molecular flexibility index (Phi) is 4.41. The summed E-state index contributed by atoms with van der Waals surface area (Å²) in [6, 6.07) is 0.389. The van der Waals surface area contributed by atoms with Gasteiger partial charge in [-0.2, -0.15) is 0 Å². The molecule has 0 radical (unpaired) electrons. The van der Waals surface area contributed by atoms with E-state index in [1.54, 1.807) is 18.7 Å². The number of nitrogens with two attached hydrogens (primary N) is 1. The predicted molar refractivity (Wildman–Crippen MR) is 103 cm³/mol. The van der Waals surface area contributed by atoms with Crippen LogP contribution < -0.4 is 16.1 Å². The fourth-order valence-electron chi connectivity index (χ4n) is 4.39. The normalized spacial score (nSPS) is 28.9. The molecule has 1 aliphatic heterocycles. The van der Waals surface area contributed by atoms with Crippen molar-refractivity contribution >= 4 is 22.6 Å². The van der Waals surface area contributed by atoms with E-state index < -0.39 is 53.1 Å². The lowest BCUT2D eigenvalue weighted by Gasteiger charge is -2.26. The van der Waals surface area contributed by atoms with E-state index in [0.717, 1.165) is 12.3 Å². The Bertz CT molecular complexity index is 1080. The van der Waals surface area contributed by atoms with E-state index in [1.807, 2.05) is 0 Å². The molecule has 156 valence electrons. The summed E-state index contributed by atoms with van der Waals surface area (Å²) in [6.07, 6.45) is 0.163. The molecule has 2 fully saturated rings. The number of pyridine rings is 1. The first-order valence-corrected chi connectivity index (χ1v) is 9.42. The van der Waals surface area contributed by atoms with Gasteiger partial charge in [0.05, 0.1) is 23.9 Å². The summed E-state index contributed by atoms with van der Waals surface area (Å²) in [6.45, 7) is 3.09. The van der Waals surface area contributed by atoms with Crippen molar-refractivity contribution < 1.29 is 23.1 Å². The summed E-state index contributed by atoms with van der Waals surface area (Å²) < 4.78 is 43.8. The van der Waals surface area contributed by atoms with Crippen LogP contribution in [0.25, 0.3) is 10.9 Å². The number of carboxylic acid groups (broad SMARTS) is 1. The molecule has 4 rings (SSSR count). The summed E-state index contributed by atoms with van der Waals surface area (Å²) in [5, 5.41) is 9.23. The number of nitrogens with zero attached hydrogens (tertiary/aromatic N) is 2. The second-order valence-corrected chi connectivity index (χ2v) is 8.37. The lowest BCUT2D eigenvalue weighted by atomic mass is 9.92. The summed E-state index contributed by atoms with van der Waals surface area (Å²) in [5.74, 6) is -2.65. The Morgan fingerprint density at radius 1 is 1.45 bits per heavy atom. The first-order chi connectivity index (χ1) is 13.6. The molecule has 0 amide bonds. The van der Waals surface area contributed by atoms with Crippen LogP contribution in [-0.2, 0) is 0 Å². The lowest BCUT2D eigenvalue weighted by Crippen LogP contribution is -2.45. The van der Waals surface area contributed by atoms with Crippen LogP contribution in [0.15, 0.2) is 17.1 Å². The van der Waals surface area contributed by atoms with E-state index in [4.69, 9.17) is 5.73 Å². The van der Waals surface area contributed by atoms with E-state index in [0.29, 0.717) is 11.1 Å². The van der Waals surface area contributed by atoms with Crippen molar-refractivity contribution in [1.82, 2.24) is 4.57 Å². The topological polar surface area (TPSA) is 88.6 Å². The molecule has 29 heavy (non-hydrogen) atoms. The van der Waals surface area contributed by atoms with E-state index in [9.17, 15) is 23.5 Å². The highest BCUT2D eigenvalue weighted by Crippen LogP contribution is 2.43. The molecule has 0 unspecified atom stereocenters. The number of aromatic carboxylic acids is 1. The van der Waals surface area contributed by atoms with Gasteiger partial charge < -0.3 is 20.3 Å². The number of benzene rings is 1. The van der Waals surface area contributed by atoms with Crippen molar-refractivity contribution in [3.63, 3.8) is 0 Å². The van der Waals surface area contributed by atoms with Gasteiger partial charge >= 0.3 is 5.97 Å². The quantitative estimate of drug-likeness (QED) is 0.810. The van der Waals surface area contributed by atoms with Gasteiger partial charge in [-0.1, -0.05) is 0 Å². The second-order valence-electron chi connectivity index (χ2n) is 8.37. The highest BCUT2D eigenvalue weighted by atomic mass is 19.1. The smallest absolute Gasteiger partial charge is 0.341 e. The maximum Gasteiger partial charge on any atom is 0.341 e. The van der Waals surface area contributed by atoms with Gasteiger partial charge in [0, 0.05) is 42.6 Å². The van der Waals surface area contributed by atoms with Crippen molar-refractivity contribution in [3.05, 3.63) is 39.4 Å². The number of aryl methyl sites for hydroxylation is 1. The van der Waals surface area contributed by atoms with E-state index in [2.05, 4.69) is 0 Å². The standard InChI is InChI=1S/C20H22F3N3O3/c1-9-16-11(18(27)12(19(28)29)7-26(16)15-4-13(15)22)3-14(23)17(9)25-6-10(5-21)20(2,24)8-25/h3,7,10,13,15H,4-6,8,24H2,1-2H3,(H,28,29)/t10-,13-,15+,20+/m0/s1. The Hall–Kier alpha value is -2.55. The Labute approximate surface area is 164 Å². The Morgan fingerprint density at radius 2 is 2.10 bits per heavy atom. The van der Waals surface area contributed by atoms with Gasteiger partial charge in [0.1, 0.15) is 17.6 Å². The molecule has 1 saturated carbocycles. The zero-order chi connectivity index (χ0) is 21.2. The van der Waals surface area contributed by atoms with Crippen LogP contribution in [0.1, 0.15) is 35.3 Å². The minimum Gasteiger partial charge on any atom is -0.477 e. The average molecular weight is 409 g/mol. The number of fused-ring (bicyclic) bond motifs is 1. The molecule has 1 aromatic carbocycles. The fourth-order valence-corrected chi connectivity index (χ4v) is 4.39. The van der Waals surface area contributed by atoms with Crippen molar-refractivity contribution in [2.45, 2.75) is 38.0 Å². The van der Waals surface area contributed by atoms with Crippen molar-refractivity contribution in [3.8, 4) is 0 Å². The first kappa shape index (κ1) is 19.8. The number of aromatic nitrogens is 1. The van der Waals surface area contributed by atoms with Crippen molar-refractivity contribution in [1.29, 1.82) is 0 Å². The zero-order valence-corrected chi connectivity index (χ0v) is 16.1. The molecule has 1 aliphatic carbocycles. The van der Waals surface area contributed by atoms with Crippen LogP contribution >= 0.6 is 0 Å². The van der Waals surface area contributed by atoms with Gasteiger partial charge in [-0.3, -0.25) is 9.18 Å². The minimum absolute atomic E-state index is 0.112. The van der Waals surface area contributed by atoms with Crippen LogP contribution in [0, 0.1) is 18.7 Å². The molecule has 0 spiro atoms. The number of hydrogen-bond donors (Lipinski definition) is 2. The van der Waals surface area contributed by atoms with Crippen LogP contribution in [0.3, 0.4) is 0 Å². The number of carbonyl (C=O) groups is 1. The Balaban J connectivity index is 1.97. The number of alkyl halides is 2. The third kappa shape index (κ3) is 2.99. The average Bonchev–Trinajstić information content (AvgIpc) is 3.27. The largest absolute Gasteiger partial charge is 0.477 e. The molecular formula is C20H22F3N3O3. The first-order valence-electron chi connectivity index (χ1n) is 9.42. The van der Waals surface area contributed by atoms with E-state index in [-0.39, 0.29) is 30.6 Å². The second kappa shape index (κ2) is 6.48. The maximum absolute atomic E-state index is 15.1. The molecule has 3 N–H and O–H groups in total. The fraction of sp³-hybridized carbons (Fsp3) is 0.500. The van der Waals surface area contributed by atoms with Crippen LogP contribution in [0.4, 0.5) is 18.9 Å². The van der Waals surface area contributed by atoms with Crippen LogP contribution in [0.2, 0.25) is 0 Å². The molecule has 9 heteroatoms. The molecule has 2 heterocycles. The van der Waals surface area contributed by atoms with Gasteiger partial charge in [0.15, 0.2) is 0 Å². The molecule has 6 nitrogen and oxygen atoms in total. The highest BCUT2D eigenvalue weighted by molar-refractivity contribution is 5.95. The molecule has 1 aromatic heterocycles. The number of halogens is 3. The summed E-state index contributed by atoms with van der Waals surface area (Å²) in [4.78, 5) is 25.8. The molecule has 1 saturated heterocycles. The minimum atomic E-state index is -1.45. The van der Waals surface area contributed by atoms with Crippen molar-refractivity contribution in [2.24, 2.45) is 11.7 Å². The molecular weight excluding hydrogens is 387 g/mol. The summed E-state index contributed by atoms with van der Waals surface area (Å²) in [5.41, 5.74) is 4.83. The van der Waals surface area contributed by atoms with Gasteiger partial charge in [-0.05, 0) is 25.5 Å². The lowest BCUT2D eigenvalue weighted by molar-refractivity contribution is 0.0694. The summed E-state index contributed by atoms with van der Waals surface area (Å²) in [7, 11) is 0. The number of rotatable bonds is 4. The maximum atomic E-state index is 15.1. The van der Waals surface area contributed by atoms with E-state index in [1.165, 1.54) is 4.57 Å². The monoisotopic (exact) mass is 409 g/mol. The highest BCUT2D eigenvalue weighted by Gasteiger charge is 2.43. The molecule has 2 aliphatic rings. The third-order valence-electron chi connectivity index (χ3n) is 6.15. The van der Waals surface area contributed by atoms with Gasteiger partial charge in [-0.15, -0.1) is 0 Å². The predicted octanol–water partition coefficient (Wildman–Crippen LogP) is 2.55. The molecule has 0 bridgehead atoms. The van der Waals surface area contributed by atoms with Gasteiger partial charge in [0.25, 0.3) is 0 Å². The number of hydrogen-bond acceptors (Lipinski definition) is 4. The number of anilines is 1. The third-order valence-corrected chi connectivity index (χ3v) is 6.15. The zero-order valence-electron chi connectivity index (χ0n) is 16.1. The molecule has 2 aromatic rings. The van der Waals surface area contributed by atoms with Gasteiger partial charge in [-0.25, -0.2) is 13.6 Å². The summed E-state index contributed by atoms with van der Waals surface area (Å²) >= 11 is 0. The van der Waals surface area contributed by atoms with Crippen LogP contribution in [0.5, 0.6) is 0 Å². The SMILES string of the molecule is Cc1c(N2C[C@H](CF)[C@](C)(N)C2)c(F)cc2c(=O)c(C(=O)O)cn([C@@H]3C[C@@H]3F)c12. The number of carboxylic acids is 1. The van der Waals surface area contributed by atoms with Crippen LogP contribution in [-0.4, -0.2) is 47.1 Å². The van der Waals surface area contributed by atoms with Gasteiger partial charge in [0.2, 0.25) is 5.43 Å². The molecule has 4 atom stereocenters.